The van der Waals surface area contributed by atoms with Gasteiger partial charge in [-0.25, -0.2) is 0 Å². The fraction of sp³-hybridized carbons (Fsp3) is 0. The number of rotatable bonds is 9. The van der Waals surface area contributed by atoms with Crippen LogP contribution in [0.5, 0.6) is 0 Å². The fourth-order valence-corrected chi connectivity index (χ4v) is 23.5. The van der Waals surface area contributed by atoms with Crippen molar-refractivity contribution in [1.29, 1.82) is 0 Å². The zero-order chi connectivity index (χ0) is 50.2. The minimum atomic E-state index is -2.78. The van der Waals surface area contributed by atoms with Crippen LogP contribution in [0.4, 0.5) is 0 Å². The van der Waals surface area contributed by atoms with Crippen LogP contribution in [0.2, 0.25) is 0 Å². The van der Waals surface area contributed by atoms with E-state index >= 15 is 0 Å². The van der Waals surface area contributed by atoms with Gasteiger partial charge in [-0.05, 0) is 112 Å². The summed E-state index contributed by atoms with van der Waals surface area (Å²) in [6, 6.07) is 114. The zero-order valence-electron chi connectivity index (χ0n) is 41.8. The maximum atomic E-state index is 2.50. The first-order valence-electron chi connectivity index (χ1n) is 26.4. The van der Waals surface area contributed by atoms with Crippen LogP contribution in [0.15, 0.2) is 303 Å². The fourth-order valence-electron chi connectivity index (χ4n) is 13.6. The van der Waals surface area contributed by atoms with Gasteiger partial charge in [0.05, 0.1) is 22.1 Å². The van der Waals surface area contributed by atoms with Crippen molar-refractivity contribution < 1.29 is 0 Å². The topological polar surface area (TPSA) is 9.86 Å². The second kappa shape index (κ2) is 17.7. The van der Waals surface area contributed by atoms with Gasteiger partial charge < -0.3 is 9.13 Å². The van der Waals surface area contributed by atoms with E-state index in [1.807, 2.05) is 0 Å². The molecule has 356 valence electrons. The molecule has 4 heteroatoms. The molecule has 12 aromatic carbocycles. The maximum absolute atomic E-state index is 2.78. The van der Waals surface area contributed by atoms with Crippen LogP contribution in [0.25, 0.3) is 77.2 Å². The first kappa shape index (κ1) is 44.2. The maximum Gasteiger partial charge on any atom is 0.180 e. The van der Waals surface area contributed by atoms with Crippen molar-refractivity contribution in [3.63, 3.8) is 0 Å². The Hall–Kier alpha value is -9.33. The van der Waals surface area contributed by atoms with Crippen LogP contribution in [0.3, 0.4) is 0 Å². The minimum absolute atomic E-state index is 1.14. The molecule has 0 fully saturated rings. The monoisotopic (exact) mass is 998 g/mol. The Kier molecular flexibility index (Phi) is 10.3. The molecule has 14 aromatic rings. The molecule has 1 aliphatic heterocycles. The molecule has 0 saturated heterocycles. The van der Waals surface area contributed by atoms with Crippen LogP contribution in [-0.2, 0) is 0 Å². The Balaban J connectivity index is 0.933. The van der Waals surface area contributed by atoms with E-state index < -0.39 is 16.1 Å². The van der Waals surface area contributed by atoms with Crippen LogP contribution < -0.4 is 41.5 Å². The van der Waals surface area contributed by atoms with E-state index in [0.29, 0.717) is 0 Å². The number of hydrogen-bond donors (Lipinski definition) is 0. The third-order valence-corrected chi connectivity index (χ3v) is 26.2. The Bertz CT molecular complexity index is 4370. The van der Waals surface area contributed by atoms with Gasteiger partial charge in [0.25, 0.3) is 0 Å². The number of fused-ring (bicyclic) bond motifs is 9. The third kappa shape index (κ3) is 6.38. The largest absolute Gasteiger partial charge is 0.309 e. The van der Waals surface area contributed by atoms with Gasteiger partial charge in [-0.15, -0.1) is 0 Å². The molecule has 0 atom stereocenters. The molecule has 3 heterocycles. The molecule has 0 saturated carbocycles. The molecule has 0 spiro atoms. The van der Waals surface area contributed by atoms with E-state index in [9.17, 15) is 0 Å². The zero-order valence-corrected chi connectivity index (χ0v) is 43.8. The van der Waals surface area contributed by atoms with Crippen molar-refractivity contribution >= 4 is 101 Å². The summed E-state index contributed by atoms with van der Waals surface area (Å²) in [5, 5.41) is 16.1. The third-order valence-electron chi connectivity index (χ3n) is 16.5. The second-order valence-electron chi connectivity index (χ2n) is 20.3. The molecular formula is C72H50N2Si2. The first-order valence-corrected chi connectivity index (χ1v) is 30.4. The number of aromatic nitrogens is 2. The summed E-state index contributed by atoms with van der Waals surface area (Å²) in [5.41, 5.74) is 12.3. The molecular weight excluding hydrogens is 949 g/mol. The lowest BCUT2D eigenvalue weighted by atomic mass is 9.92. The van der Waals surface area contributed by atoms with Crippen molar-refractivity contribution in [2.45, 2.75) is 0 Å². The molecule has 0 radical (unpaired) electrons. The average molecular weight is 999 g/mol. The van der Waals surface area contributed by atoms with Crippen LogP contribution in [0.1, 0.15) is 0 Å². The highest BCUT2D eigenvalue weighted by atomic mass is 28.3. The van der Waals surface area contributed by atoms with E-state index in [2.05, 4.69) is 312 Å². The summed E-state index contributed by atoms with van der Waals surface area (Å²) in [6.07, 6.45) is 0. The molecule has 0 bridgehead atoms. The number of hydrogen-bond acceptors (Lipinski definition) is 0. The van der Waals surface area contributed by atoms with Crippen molar-refractivity contribution in [1.82, 2.24) is 9.13 Å². The van der Waals surface area contributed by atoms with Crippen molar-refractivity contribution in [2.75, 3.05) is 0 Å². The van der Waals surface area contributed by atoms with Gasteiger partial charge in [0.2, 0.25) is 0 Å². The Morgan fingerprint density at radius 3 is 1.36 bits per heavy atom. The molecule has 2 aromatic heterocycles. The molecule has 0 unspecified atom stereocenters. The lowest BCUT2D eigenvalue weighted by Crippen LogP contribution is -2.74. The Morgan fingerprint density at radius 1 is 0.263 bits per heavy atom. The summed E-state index contributed by atoms with van der Waals surface area (Å²) in [6.45, 7) is 0. The number of nitrogens with zero attached hydrogens (tertiary/aromatic N) is 2. The molecule has 2 nitrogen and oxygen atoms in total. The van der Waals surface area contributed by atoms with Gasteiger partial charge in [0, 0.05) is 32.9 Å². The van der Waals surface area contributed by atoms with Crippen LogP contribution >= 0.6 is 0 Å². The summed E-state index contributed by atoms with van der Waals surface area (Å²) in [5.74, 6) is 0. The highest BCUT2D eigenvalue weighted by Crippen LogP contribution is 2.44. The van der Waals surface area contributed by atoms with Crippen molar-refractivity contribution in [2.24, 2.45) is 0 Å². The predicted molar refractivity (Wildman–Crippen MR) is 327 cm³/mol. The predicted octanol–water partition coefficient (Wildman–Crippen LogP) is 12.3. The average Bonchev–Trinajstić information content (AvgIpc) is 4.23. The summed E-state index contributed by atoms with van der Waals surface area (Å²) in [4.78, 5) is 0. The highest BCUT2D eigenvalue weighted by molar-refractivity contribution is 7.22. The Labute approximate surface area is 444 Å². The smallest absolute Gasteiger partial charge is 0.180 e. The quantitative estimate of drug-likeness (QED) is 0.101. The first-order chi connectivity index (χ1) is 37.7. The van der Waals surface area contributed by atoms with Gasteiger partial charge in [-0.2, -0.15) is 0 Å². The van der Waals surface area contributed by atoms with Crippen molar-refractivity contribution in [3.8, 4) is 33.6 Å². The van der Waals surface area contributed by atoms with Crippen LogP contribution in [-0.4, -0.2) is 25.3 Å². The van der Waals surface area contributed by atoms with E-state index in [1.54, 1.807) is 0 Å². The van der Waals surface area contributed by atoms with E-state index in [-0.39, 0.29) is 0 Å². The SMILES string of the molecule is c1ccc([Si](c2ccccc2)(c2ccccc2)c2cccc(-n3c4ccccc4c4cc(-n5c6ccccc6c6c(-c7cccc8c7-c7ccccc7[Si]8(c7ccccc7)c7ccccc7)cccc65)ccc43)c2)cc1. The van der Waals surface area contributed by atoms with Gasteiger partial charge in [-0.3, -0.25) is 0 Å². The molecule has 0 aliphatic carbocycles. The lowest BCUT2D eigenvalue weighted by Gasteiger charge is -2.34. The Morgan fingerprint density at radius 2 is 0.697 bits per heavy atom. The standard InChI is InChI=1S/C72H50N2Si2/c1-6-26-53(27-7-1)75(54-28-8-2-9-29-54,55-30-10-3-11-31-55)58-36-22-25-51(49-58)73-65-42-19-16-37-59(65)64-50-52(47-48-67(64)73)74-66-43-20-17-38-62(66)71-60(40-23-44-68(71)74)61-41-24-46-70-72(61)63-39-18-21-45-69(63)76(70,56-32-12-4-13-33-56)57-34-14-5-15-35-57/h1-50H. The van der Waals surface area contributed by atoms with E-state index in [0.717, 1.165) is 11.4 Å². The van der Waals surface area contributed by atoms with Crippen LogP contribution in [0, 0.1) is 0 Å². The molecule has 0 N–H and O–H groups in total. The molecule has 15 rings (SSSR count). The highest BCUT2D eigenvalue weighted by Gasteiger charge is 2.49. The second-order valence-corrected chi connectivity index (χ2v) is 27.8. The summed E-state index contributed by atoms with van der Waals surface area (Å²) < 4.78 is 4.99. The molecule has 76 heavy (non-hydrogen) atoms. The number of para-hydroxylation sites is 2. The van der Waals surface area contributed by atoms with Gasteiger partial charge in [0.15, 0.2) is 16.1 Å². The lowest BCUT2D eigenvalue weighted by molar-refractivity contribution is 1.17. The van der Waals surface area contributed by atoms with Gasteiger partial charge in [-0.1, -0.05) is 255 Å². The minimum Gasteiger partial charge on any atom is -0.309 e. The normalized spacial score (nSPS) is 12.8. The molecule has 0 amide bonds. The van der Waals surface area contributed by atoms with E-state index in [1.165, 1.54) is 107 Å². The van der Waals surface area contributed by atoms with Crippen molar-refractivity contribution in [3.05, 3.63) is 303 Å². The summed E-state index contributed by atoms with van der Waals surface area (Å²) >= 11 is 0. The summed E-state index contributed by atoms with van der Waals surface area (Å²) in [7, 11) is -5.48. The van der Waals surface area contributed by atoms with E-state index in [4.69, 9.17) is 0 Å². The number of benzene rings is 12. The van der Waals surface area contributed by atoms with Gasteiger partial charge >= 0.3 is 0 Å². The molecule has 1 aliphatic rings. The van der Waals surface area contributed by atoms with Gasteiger partial charge in [0.1, 0.15) is 0 Å².